The molecule has 0 atom stereocenters. The maximum absolute atomic E-state index is 12.2. The molecule has 26 heavy (non-hydrogen) atoms. The smallest absolute Gasteiger partial charge is 0.234 e. The number of hydrogen-bond donors (Lipinski definition) is 1. The molecule has 1 amide bonds. The van der Waals surface area contributed by atoms with Crippen molar-refractivity contribution in [2.24, 2.45) is 0 Å². The van der Waals surface area contributed by atoms with E-state index in [1.165, 1.54) is 5.56 Å². The van der Waals surface area contributed by atoms with Gasteiger partial charge in [-0.15, -0.1) is 0 Å². The molecule has 2 aromatic rings. The van der Waals surface area contributed by atoms with Crippen molar-refractivity contribution >= 4 is 34.8 Å². The van der Waals surface area contributed by atoms with Gasteiger partial charge in [0.2, 0.25) is 5.91 Å². The van der Waals surface area contributed by atoms with Crippen LogP contribution in [0.25, 0.3) is 0 Å². The molecule has 1 saturated heterocycles. The number of piperazine rings is 1. The number of benzene rings is 2. The summed E-state index contributed by atoms with van der Waals surface area (Å²) in [6, 6.07) is 15.6. The van der Waals surface area contributed by atoms with E-state index in [2.05, 4.69) is 15.1 Å². The van der Waals surface area contributed by atoms with Crippen LogP contribution in [0, 0.1) is 0 Å². The summed E-state index contributed by atoms with van der Waals surface area (Å²) in [5.74, 6) is 0.0742. The quantitative estimate of drug-likeness (QED) is 0.818. The van der Waals surface area contributed by atoms with Crippen LogP contribution in [-0.4, -0.2) is 50.1 Å². The van der Waals surface area contributed by atoms with Crippen molar-refractivity contribution in [3.05, 3.63) is 64.1 Å². The van der Waals surface area contributed by atoms with Crippen LogP contribution in [0.1, 0.15) is 5.56 Å². The molecule has 0 aromatic heterocycles. The fourth-order valence-corrected chi connectivity index (χ4v) is 3.49. The Labute approximate surface area is 164 Å². The van der Waals surface area contributed by atoms with E-state index >= 15 is 0 Å². The third-order valence-electron chi connectivity index (χ3n) is 4.58. The minimum atomic E-state index is 0.0742. The Morgan fingerprint density at radius 3 is 2.35 bits per heavy atom. The lowest BCUT2D eigenvalue weighted by atomic mass is 10.1. The first-order valence-electron chi connectivity index (χ1n) is 8.85. The summed E-state index contributed by atoms with van der Waals surface area (Å²) in [7, 11) is 0. The van der Waals surface area contributed by atoms with Crippen LogP contribution < -0.4 is 10.2 Å². The Morgan fingerprint density at radius 2 is 1.65 bits per heavy atom. The van der Waals surface area contributed by atoms with Crippen molar-refractivity contribution in [2.75, 3.05) is 44.2 Å². The first kappa shape index (κ1) is 19.0. The van der Waals surface area contributed by atoms with Gasteiger partial charge in [-0.05, 0) is 36.2 Å². The summed E-state index contributed by atoms with van der Waals surface area (Å²) in [6.07, 6.45) is 0.809. The number of rotatable bonds is 6. The maximum atomic E-state index is 12.2. The maximum Gasteiger partial charge on any atom is 0.234 e. The van der Waals surface area contributed by atoms with Crippen molar-refractivity contribution in [2.45, 2.75) is 6.42 Å². The first-order valence-corrected chi connectivity index (χ1v) is 9.60. The lowest BCUT2D eigenvalue weighted by Gasteiger charge is -2.36. The minimum absolute atomic E-state index is 0.0742. The number of anilines is 1. The summed E-state index contributed by atoms with van der Waals surface area (Å²) in [5.41, 5.74) is 2.24. The molecule has 1 heterocycles. The van der Waals surface area contributed by atoms with Gasteiger partial charge in [-0.25, -0.2) is 0 Å². The topological polar surface area (TPSA) is 35.6 Å². The fraction of sp³-hybridized carbons (Fsp3) is 0.350. The molecular formula is C20H23Cl2N3O. The van der Waals surface area contributed by atoms with E-state index < -0.39 is 0 Å². The zero-order chi connectivity index (χ0) is 18.4. The highest BCUT2D eigenvalue weighted by atomic mass is 35.5. The number of nitrogens with one attached hydrogen (secondary N) is 1. The highest BCUT2D eigenvalue weighted by Gasteiger charge is 2.20. The lowest BCUT2D eigenvalue weighted by Crippen LogP contribution is -2.49. The second-order valence-corrected chi connectivity index (χ2v) is 7.28. The lowest BCUT2D eigenvalue weighted by molar-refractivity contribution is -0.122. The van der Waals surface area contributed by atoms with E-state index in [1.54, 1.807) is 0 Å². The molecule has 138 valence electrons. The highest BCUT2D eigenvalue weighted by molar-refractivity contribution is 6.33. The largest absolute Gasteiger partial charge is 0.368 e. The number of amides is 1. The fourth-order valence-electron chi connectivity index (χ4n) is 3.11. The van der Waals surface area contributed by atoms with Crippen molar-refractivity contribution in [3.8, 4) is 0 Å². The second-order valence-electron chi connectivity index (χ2n) is 6.44. The van der Waals surface area contributed by atoms with Gasteiger partial charge < -0.3 is 10.2 Å². The molecule has 1 aliphatic rings. The molecule has 1 fully saturated rings. The minimum Gasteiger partial charge on any atom is -0.368 e. The molecule has 2 aromatic carbocycles. The number of para-hydroxylation sites is 1. The van der Waals surface area contributed by atoms with Gasteiger partial charge in [-0.2, -0.15) is 0 Å². The summed E-state index contributed by atoms with van der Waals surface area (Å²) in [6.45, 7) is 4.55. The number of hydrogen-bond acceptors (Lipinski definition) is 3. The van der Waals surface area contributed by atoms with Crippen LogP contribution in [-0.2, 0) is 11.2 Å². The normalized spacial score (nSPS) is 15.1. The predicted octanol–water partition coefficient (Wildman–Crippen LogP) is 3.47. The van der Waals surface area contributed by atoms with E-state index in [1.807, 2.05) is 48.5 Å². The molecule has 6 heteroatoms. The summed E-state index contributed by atoms with van der Waals surface area (Å²) < 4.78 is 0. The number of halogens is 2. The summed E-state index contributed by atoms with van der Waals surface area (Å²) in [5, 5.41) is 4.51. The zero-order valence-electron chi connectivity index (χ0n) is 14.6. The van der Waals surface area contributed by atoms with E-state index in [4.69, 9.17) is 23.2 Å². The number of carbonyl (C=O) groups excluding carboxylic acids is 1. The molecule has 4 nitrogen and oxygen atoms in total. The first-order chi connectivity index (χ1) is 12.6. The SMILES string of the molecule is O=C(CN1CCN(c2ccccc2Cl)CC1)NCCc1ccc(Cl)cc1. The van der Waals surface area contributed by atoms with Crippen LogP contribution in [0.15, 0.2) is 48.5 Å². The second kappa shape index (κ2) is 9.26. The summed E-state index contributed by atoms with van der Waals surface area (Å²) in [4.78, 5) is 16.6. The van der Waals surface area contributed by atoms with Crippen LogP contribution in [0.2, 0.25) is 10.0 Å². The molecule has 0 aliphatic carbocycles. The van der Waals surface area contributed by atoms with Gasteiger partial charge in [0.15, 0.2) is 0 Å². The standard InChI is InChI=1S/C20H23Cl2N3O/c21-17-7-5-16(6-8-17)9-10-23-20(26)15-24-11-13-25(14-12-24)19-4-2-1-3-18(19)22/h1-8H,9-15H2,(H,23,26). The van der Waals surface area contributed by atoms with E-state index in [0.717, 1.165) is 48.3 Å². The zero-order valence-corrected chi connectivity index (χ0v) is 16.1. The van der Waals surface area contributed by atoms with Crippen LogP contribution in [0.5, 0.6) is 0 Å². The average molecular weight is 392 g/mol. The molecule has 0 unspecified atom stereocenters. The Morgan fingerprint density at radius 1 is 0.962 bits per heavy atom. The van der Waals surface area contributed by atoms with Gasteiger partial charge in [0.05, 0.1) is 17.3 Å². The van der Waals surface area contributed by atoms with Gasteiger partial charge in [0, 0.05) is 37.7 Å². The molecule has 0 radical (unpaired) electrons. The van der Waals surface area contributed by atoms with Crippen LogP contribution in [0.3, 0.4) is 0 Å². The van der Waals surface area contributed by atoms with Gasteiger partial charge >= 0.3 is 0 Å². The predicted molar refractivity (Wildman–Crippen MR) is 108 cm³/mol. The summed E-state index contributed by atoms with van der Waals surface area (Å²) >= 11 is 12.1. The third kappa shape index (κ3) is 5.37. The van der Waals surface area contributed by atoms with Crippen molar-refractivity contribution < 1.29 is 4.79 Å². The van der Waals surface area contributed by atoms with E-state index in [0.29, 0.717) is 13.1 Å². The highest BCUT2D eigenvalue weighted by Crippen LogP contribution is 2.25. The Balaban J connectivity index is 1.38. The Kier molecular flexibility index (Phi) is 6.78. The Bertz CT molecular complexity index is 728. The van der Waals surface area contributed by atoms with Gasteiger partial charge in [-0.1, -0.05) is 47.5 Å². The number of nitrogens with zero attached hydrogens (tertiary/aromatic N) is 2. The molecule has 0 saturated carbocycles. The van der Waals surface area contributed by atoms with E-state index in [-0.39, 0.29) is 5.91 Å². The number of carbonyl (C=O) groups is 1. The van der Waals surface area contributed by atoms with Gasteiger partial charge in [0.25, 0.3) is 0 Å². The molecule has 0 bridgehead atoms. The molecule has 0 spiro atoms. The monoisotopic (exact) mass is 391 g/mol. The molecule has 3 rings (SSSR count). The van der Waals surface area contributed by atoms with Crippen molar-refractivity contribution in [1.82, 2.24) is 10.2 Å². The van der Waals surface area contributed by atoms with Gasteiger partial charge in [0.1, 0.15) is 0 Å². The van der Waals surface area contributed by atoms with Crippen molar-refractivity contribution in [3.63, 3.8) is 0 Å². The van der Waals surface area contributed by atoms with Crippen LogP contribution in [0.4, 0.5) is 5.69 Å². The van der Waals surface area contributed by atoms with Crippen molar-refractivity contribution in [1.29, 1.82) is 0 Å². The average Bonchev–Trinajstić information content (AvgIpc) is 2.65. The molecular weight excluding hydrogens is 369 g/mol. The van der Waals surface area contributed by atoms with Gasteiger partial charge in [-0.3, -0.25) is 9.69 Å². The third-order valence-corrected chi connectivity index (χ3v) is 5.15. The van der Waals surface area contributed by atoms with E-state index in [9.17, 15) is 4.79 Å². The Hall–Kier alpha value is -1.75. The van der Waals surface area contributed by atoms with Crippen LogP contribution >= 0.6 is 23.2 Å². The molecule has 1 N–H and O–H groups in total. The molecule has 1 aliphatic heterocycles.